The predicted octanol–water partition coefficient (Wildman–Crippen LogP) is 4.66. The van der Waals surface area contributed by atoms with Gasteiger partial charge in [-0.3, -0.25) is 5.43 Å². The maximum absolute atomic E-state index is 13.5. The summed E-state index contributed by atoms with van der Waals surface area (Å²) in [5.74, 6) is -0.272. The normalized spacial score (nSPS) is 17.4. The molecule has 3 aromatic rings. The number of hydrogen-bond acceptors (Lipinski definition) is 6. The third kappa shape index (κ3) is 4.77. The van der Waals surface area contributed by atoms with Crippen molar-refractivity contribution < 1.29 is 13.2 Å². The quantitative estimate of drug-likeness (QED) is 0.505. The molecule has 0 aromatic carbocycles. The molecule has 0 aliphatic carbocycles. The number of amidine groups is 1. The molecule has 0 unspecified atom stereocenters. The summed E-state index contributed by atoms with van der Waals surface area (Å²) in [6.45, 7) is 7.91. The molecule has 0 saturated heterocycles. The van der Waals surface area contributed by atoms with E-state index < -0.39 is 17.6 Å². The fourth-order valence-electron chi connectivity index (χ4n) is 4.29. The summed E-state index contributed by atoms with van der Waals surface area (Å²) >= 11 is 0. The molecule has 0 bridgehead atoms. The van der Waals surface area contributed by atoms with Gasteiger partial charge in [-0.25, -0.2) is 19.6 Å². The van der Waals surface area contributed by atoms with Gasteiger partial charge in [0.2, 0.25) is 0 Å². The van der Waals surface area contributed by atoms with Crippen LogP contribution < -0.4 is 5.43 Å². The van der Waals surface area contributed by atoms with Crippen LogP contribution in [0.4, 0.5) is 13.2 Å². The molecule has 2 aliphatic rings. The number of imidazole rings is 2. The first-order chi connectivity index (χ1) is 17.8. The number of rotatable bonds is 6. The smallest absolute Gasteiger partial charge is 0.314 e. The summed E-state index contributed by atoms with van der Waals surface area (Å²) in [5, 5.41) is 7.61. The standard InChI is InChI=1S/C25H25F3N9/c1-3-35(4-2)9-10-36-15-33-20-12-17(13-32-24(20)36)21-14-31-22-6-5-19(34-37(21)22)16-7-8-30-23(29)18(11-16)25(26,27)28/h5-6,11-15,29,34H,3-4,7,9-10H2,1-2H3/q+1/b19-16-,29-23?. The van der Waals surface area contributed by atoms with Crippen molar-refractivity contribution in [3.05, 3.63) is 64.5 Å². The minimum atomic E-state index is -4.70. The second-order valence-corrected chi connectivity index (χ2v) is 8.60. The maximum Gasteiger partial charge on any atom is 0.430 e. The lowest BCUT2D eigenvalue weighted by molar-refractivity contribution is -0.0860. The second-order valence-electron chi connectivity index (χ2n) is 8.60. The molecule has 0 atom stereocenters. The van der Waals surface area contributed by atoms with E-state index >= 15 is 0 Å². The molecule has 0 saturated carbocycles. The van der Waals surface area contributed by atoms with E-state index in [0.29, 0.717) is 22.8 Å². The van der Waals surface area contributed by atoms with Crippen LogP contribution in [0.1, 0.15) is 26.1 Å². The number of likely N-dealkylation sites (N-methyl/N-ethyl adjacent to an activating group) is 1. The summed E-state index contributed by atoms with van der Waals surface area (Å²) < 4.78 is 44.1. The van der Waals surface area contributed by atoms with E-state index in [4.69, 9.17) is 5.41 Å². The molecule has 0 fully saturated rings. The summed E-state index contributed by atoms with van der Waals surface area (Å²) in [6.07, 6.45) is 4.83. The summed E-state index contributed by atoms with van der Waals surface area (Å²) in [7, 11) is 0. The van der Waals surface area contributed by atoms with Gasteiger partial charge in [0.15, 0.2) is 23.1 Å². The Labute approximate surface area is 210 Å². The van der Waals surface area contributed by atoms with Crippen molar-refractivity contribution in [1.29, 1.82) is 5.41 Å². The van der Waals surface area contributed by atoms with Gasteiger partial charge in [0.05, 0.1) is 30.3 Å². The number of alkyl halides is 3. The van der Waals surface area contributed by atoms with Crippen LogP contribution in [0, 0.1) is 11.5 Å². The molecule has 9 nitrogen and oxygen atoms in total. The molecule has 12 heteroatoms. The van der Waals surface area contributed by atoms with Gasteiger partial charge in [-0.15, -0.1) is 0 Å². The fraction of sp³-hybridized carbons (Fsp3) is 0.320. The lowest BCUT2D eigenvalue weighted by Gasteiger charge is -2.19. The van der Waals surface area contributed by atoms with Crippen molar-refractivity contribution in [2.24, 2.45) is 0 Å². The molecular weight excluding hydrogens is 483 g/mol. The Balaban J connectivity index is 1.46. The Morgan fingerprint density at radius 2 is 1.97 bits per heavy atom. The van der Waals surface area contributed by atoms with Crippen molar-refractivity contribution in [2.75, 3.05) is 25.1 Å². The zero-order valence-electron chi connectivity index (χ0n) is 20.3. The number of allylic oxidation sites excluding steroid dienone is 3. The van der Waals surface area contributed by atoms with Gasteiger partial charge in [-0.05, 0) is 43.0 Å². The predicted molar refractivity (Wildman–Crippen MR) is 136 cm³/mol. The van der Waals surface area contributed by atoms with Crippen LogP contribution in [0.5, 0.6) is 0 Å². The molecule has 0 spiro atoms. The van der Waals surface area contributed by atoms with Crippen molar-refractivity contribution in [1.82, 2.24) is 29.1 Å². The van der Waals surface area contributed by atoms with Crippen LogP contribution in [-0.4, -0.2) is 60.7 Å². The van der Waals surface area contributed by atoms with E-state index in [1.165, 1.54) is 0 Å². The summed E-state index contributed by atoms with van der Waals surface area (Å²) in [4.78, 5) is 19.4. The second kappa shape index (κ2) is 9.67. The topological polar surface area (TPSA) is 92.0 Å². The van der Waals surface area contributed by atoms with E-state index in [9.17, 15) is 13.2 Å². The summed E-state index contributed by atoms with van der Waals surface area (Å²) in [6, 6.07) is 4.44. The molecular formula is C25H25F3N9+. The van der Waals surface area contributed by atoms with Crippen LogP contribution in [0.3, 0.4) is 0 Å². The van der Waals surface area contributed by atoms with Gasteiger partial charge in [0.1, 0.15) is 5.52 Å². The van der Waals surface area contributed by atoms with Crippen LogP contribution in [0.15, 0.2) is 53.8 Å². The van der Waals surface area contributed by atoms with Gasteiger partial charge in [0.25, 0.3) is 0 Å². The highest BCUT2D eigenvalue weighted by Crippen LogP contribution is 2.32. The Kier molecular flexibility index (Phi) is 6.39. The Morgan fingerprint density at radius 1 is 1.16 bits per heavy atom. The van der Waals surface area contributed by atoms with E-state index in [1.807, 2.05) is 10.6 Å². The van der Waals surface area contributed by atoms with Gasteiger partial charge in [0, 0.05) is 24.8 Å². The molecule has 190 valence electrons. The lowest BCUT2D eigenvalue weighted by atomic mass is 10.1. The highest BCUT2D eigenvalue weighted by molar-refractivity contribution is 6.05. The average molecular weight is 509 g/mol. The van der Waals surface area contributed by atoms with Gasteiger partial charge < -0.3 is 9.47 Å². The Hall–Kier alpha value is -4.24. The SMILES string of the molecule is CCN(CC)CCn1cnc2cc(-c3cnc4n3N/C(=C3\C=C(C(F)(F)F)C(=N)[N+]#CC3)C=C4)cnc21. The number of halogens is 3. The maximum atomic E-state index is 13.5. The van der Waals surface area contributed by atoms with Gasteiger partial charge >= 0.3 is 12.0 Å². The van der Waals surface area contributed by atoms with Crippen LogP contribution in [0.25, 0.3) is 33.3 Å². The van der Waals surface area contributed by atoms with Crippen molar-refractivity contribution in [3.63, 3.8) is 0 Å². The van der Waals surface area contributed by atoms with Crippen molar-refractivity contribution in [3.8, 4) is 17.3 Å². The van der Waals surface area contributed by atoms with Crippen LogP contribution in [0.2, 0.25) is 0 Å². The number of aromatic nitrogens is 5. The Bertz CT molecular complexity index is 1520. The first-order valence-electron chi connectivity index (χ1n) is 11.9. The fourth-order valence-corrected chi connectivity index (χ4v) is 4.29. The Morgan fingerprint density at radius 3 is 2.73 bits per heavy atom. The molecule has 0 amide bonds. The molecule has 5 heterocycles. The van der Waals surface area contributed by atoms with Gasteiger partial charge in [-0.2, -0.15) is 18.0 Å². The van der Waals surface area contributed by atoms with E-state index in [2.05, 4.69) is 50.0 Å². The molecule has 37 heavy (non-hydrogen) atoms. The van der Waals surface area contributed by atoms with E-state index in [0.717, 1.165) is 49.0 Å². The van der Waals surface area contributed by atoms with E-state index in [1.54, 1.807) is 35.5 Å². The summed E-state index contributed by atoms with van der Waals surface area (Å²) in [5.41, 5.74) is 5.74. The average Bonchev–Trinajstić information content (AvgIpc) is 3.42. The monoisotopic (exact) mass is 508 g/mol. The number of nitrogens with one attached hydrogen (secondary N) is 2. The van der Waals surface area contributed by atoms with Crippen LogP contribution in [-0.2, 0) is 6.54 Å². The molecule has 0 radical (unpaired) electrons. The van der Waals surface area contributed by atoms with Crippen LogP contribution >= 0.6 is 0 Å². The number of nitrogens with zero attached hydrogens (tertiary/aromatic N) is 7. The minimum Gasteiger partial charge on any atom is -0.314 e. The first kappa shape index (κ1) is 24.5. The molecule has 3 aromatic heterocycles. The highest BCUT2D eigenvalue weighted by Gasteiger charge is 2.42. The minimum absolute atomic E-state index is 0.0203. The molecule has 2 aliphatic heterocycles. The number of hydrogen-bond donors (Lipinski definition) is 2. The largest absolute Gasteiger partial charge is 0.430 e. The van der Waals surface area contributed by atoms with E-state index in [-0.39, 0.29) is 6.42 Å². The number of fused-ring (bicyclic) bond motifs is 2. The highest BCUT2D eigenvalue weighted by atomic mass is 19.4. The third-order valence-corrected chi connectivity index (χ3v) is 6.41. The third-order valence-electron chi connectivity index (χ3n) is 6.41. The van der Waals surface area contributed by atoms with Gasteiger partial charge in [-0.1, -0.05) is 19.3 Å². The number of pyridine rings is 1. The zero-order chi connectivity index (χ0) is 26.2. The zero-order valence-corrected chi connectivity index (χ0v) is 20.3. The first-order valence-corrected chi connectivity index (χ1v) is 11.9. The molecule has 2 N–H and O–H groups in total. The van der Waals surface area contributed by atoms with Crippen molar-refractivity contribution >= 4 is 23.1 Å². The lowest BCUT2D eigenvalue weighted by Crippen LogP contribution is -2.26. The van der Waals surface area contributed by atoms with Crippen molar-refractivity contribution in [2.45, 2.75) is 33.0 Å². The molecule has 5 rings (SSSR count).